The number of rotatable bonds is 10. The molecule has 0 aliphatic carbocycles. The predicted molar refractivity (Wildman–Crippen MR) is 114 cm³/mol. The fourth-order valence-electron chi connectivity index (χ4n) is 3.22. The second-order valence-corrected chi connectivity index (χ2v) is 6.56. The van der Waals surface area contributed by atoms with Gasteiger partial charge < -0.3 is 19.4 Å². The number of methoxy groups -OCH3 is 1. The highest BCUT2D eigenvalue weighted by Gasteiger charge is 2.11. The molecule has 0 atom stereocenters. The van der Waals surface area contributed by atoms with E-state index in [1.165, 1.54) is 6.08 Å². The van der Waals surface area contributed by atoms with Crippen molar-refractivity contribution in [1.82, 2.24) is 14.9 Å². The molecule has 0 radical (unpaired) electrons. The molecule has 3 rings (SSSR count). The van der Waals surface area contributed by atoms with E-state index in [1.54, 1.807) is 13.2 Å². The van der Waals surface area contributed by atoms with E-state index in [4.69, 9.17) is 14.5 Å². The fraction of sp³-hybridized carbons (Fsp3) is 0.304. The van der Waals surface area contributed by atoms with E-state index in [-0.39, 0.29) is 5.91 Å². The lowest BCUT2D eigenvalue weighted by molar-refractivity contribution is -0.116. The van der Waals surface area contributed by atoms with Gasteiger partial charge >= 0.3 is 0 Å². The minimum absolute atomic E-state index is 0.0830. The molecule has 0 unspecified atom stereocenters. The molecule has 0 aliphatic heterocycles. The van der Waals surface area contributed by atoms with Crippen molar-refractivity contribution >= 4 is 16.9 Å². The molecule has 152 valence electrons. The Morgan fingerprint density at radius 2 is 1.90 bits per heavy atom. The smallest absolute Gasteiger partial charge is 0.243 e. The standard InChI is InChI=1S/C23H27N3O3/c1-3-9-23(27)24-15-14-22-25-18-10-4-5-11-19(18)26(22)16-8-17-29-21-13-7-6-12-20(21)28-2/h3-7,9-13H,8,14-17H2,1-2H3,(H,24,27)/b9-3+. The van der Waals surface area contributed by atoms with Crippen LogP contribution in [0.15, 0.2) is 60.7 Å². The number of para-hydroxylation sites is 4. The zero-order valence-electron chi connectivity index (χ0n) is 16.9. The lowest BCUT2D eigenvalue weighted by Gasteiger charge is -2.12. The molecule has 3 aromatic rings. The van der Waals surface area contributed by atoms with E-state index in [9.17, 15) is 4.79 Å². The van der Waals surface area contributed by atoms with Crippen LogP contribution in [0.3, 0.4) is 0 Å². The molecule has 6 heteroatoms. The number of aromatic nitrogens is 2. The number of amides is 1. The molecule has 6 nitrogen and oxygen atoms in total. The number of fused-ring (bicyclic) bond motifs is 1. The van der Waals surface area contributed by atoms with Crippen molar-refractivity contribution in [3.63, 3.8) is 0 Å². The van der Waals surface area contributed by atoms with Crippen molar-refractivity contribution in [3.05, 3.63) is 66.5 Å². The summed E-state index contributed by atoms with van der Waals surface area (Å²) in [6.45, 7) is 3.73. The Morgan fingerprint density at radius 1 is 1.14 bits per heavy atom. The number of imidazole rings is 1. The molecule has 0 saturated carbocycles. The summed E-state index contributed by atoms with van der Waals surface area (Å²) in [5, 5.41) is 2.89. The quantitative estimate of drug-likeness (QED) is 0.421. The minimum atomic E-state index is -0.0830. The van der Waals surface area contributed by atoms with Gasteiger partial charge in [0.2, 0.25) is 5.91 Å². The highest BCUT2D eigenvalue weighted by atomic mass is 16.5. The Labute approximate surface area is 171 Å². The first-order valence-electron chi connectivity index (χ1n) is 9.83. The summed E-state index contributed by atoms with van der Waals surface area (Å²) in [5.41, 5.74) is 2.06. The van der Waals surface area contributed by atoms with Crippen LogP contribution in [0.5, 0.6) is 11.5 Å². The zero-order chi connectivity index (χ0) is 20.5. The number of allylic oxidation sites excluding steroid dienone is 1. The van der Waals surface area contributed by atoms with Crippen LogP contribution >= 0.6 is 0 Å². The predicted octanol–water partition coefficient (Wildman–Crippen LogP) is 3.75. The summed E-state index contributed by atoms with van der Waals surface area (Å²) in [6, 6.07) is 15.7. The summed E-state index contributed by atoms with van der Waals surface area (Å²) >= 11 is 0. The lowest BCUT2D eigenvalue weighted by atomic mass is 10.3. The first kappa shape index (κ1) is 20.5. The molecule has 1 aromatic heterocycles. The second kappa shape index (κ2) is 10.3. The highest BCUT2D eigenvalue weighted by Crippen LogP contribution is 2.26. The lowest BCUT2D eigenvalue weighted by Crippen LogP contribution is -2.24. The number of nitrogens with one attached hydrogen (secondary N) is 1. The molecule has 1 heterocycles. The summed E-state index contributed by atoms with van der Waals surface area (Å²) in [5.74, 6) is 2.36. The zero-order valence-corrected chi connectivity index (χ0v) is 16.9. The fourth-order valence-corrected chi connectivity index (χ4v) is 3.22. The first-order valence-corrected chi connectivity index (χ1v) is 9.83. The third-order valence-corrected chi connectivity index (χ3v) is 4.55. The molecule has 0 spiro atoms. The SMILES string of the molecule is C/C=C/C(=O)NCCc1nc2ccccc2n1CCCOc1ccccc1OC. The van der Waals surface area contributed by atoms with Crippen molar-refractivity contribution < 1.29 is 14.3 Å². The Balaban J connectivity index is 1.63. The minimum Gasteiger partial charge on any atom is -0.493 e. The maximum atomic E-state index is 11.6. The van der Waals surface area contributed by atoms with Gasteiger partial charge in [0, 0.05) is 19.5 Å². The average Bonchev–Trinajstić information content (AvgIpc) is 3.09. The van der Waals surface area contributed by atoms with Gasteiger partial charge in [-0.2, -0.15) is 0 Å². The molecule has 2 aromatic carbocycles. The molecule has 1 amide bonds. The van der Waals surface area contributed by atoms with Gasteiger partial charge in [-0.3, -0.25) is 4.79 Å². The maximum absolute atomic E-state index is 11.6. The molecule has 0 bridgehead atoms. The van der Waals surface area contributed by atoms with Crippen LogP contribution < -0.4 is 14.8 Å². The number of nitrogens with zero attached hydrogens (tertiary/aromatic N) is 2. The van der Waals surface area contributed by atoms with Crippen molar-refractivity contribution in [3.8, 4) is 11.5 Å². The first-order chi connectivity index (χ1) is 14.2. The summed E-state index contributed by atoms with van der Waals surface area (Å²) in [4.78, 5) is 16.4. The Bertz CT molecular complexity index is 978. The number of carbonyl (C=O) groups excluding carboxylic acids is 1. The van der Waals surface area contributed by atoms with Gasteiger partial charge in [0.05, 0.1) is 24.8 Å². The number of carbonyl (C=O) groups is 1. The van der Waals surface area contributed by atoms with Crippen molar-refractivity contribution in [1.29, 1.82) is 0 Å². The summed E-state index contributed by atoms with van der Waals surface area (Å²) in [7, 11) is 1.64. The van der Waals surface area contributed by atoms with E-state index < -0.39 is 0 Å². The summed E-state index contributed by atoms with van der Waals surface area (Å²) in [6.07, 6.45) is 4.76. The third-order valence-electron chi connectivity index (χ3n) is 4.55. The van der Waals surface area contributed by atoms with Gasteiger partial charge in [0.1, 0.15) is 5.82 Å². The van der Waals surface area contributed by atoms with Crippen LogP contribution in [-0.4, -0.2) is 35.7 Å². The molecule has 1 N–H and O–H groups in total. The number of hydrogen-bond donors (Lipinski definition) is 1. The van der Waals surface area contributed by atoms with Gasteiger partial charge in [-0.05, 0) is 43.7 Å². The maximum Gasteiger partial charge on any atom is 0.243 e. The van der Waals surface area contributed by atoms with Crippen molar-refractivity contribution in [2.24, 2.45) is 0 Å². The van der Waals surface area contributed by atoms with Crippen LogP contribution in [0.25, 0.3) is 11.0 Å². The molecular formula is C23H27N3O3. The normalized spacial score (nSPS) is 11.1. The van der Waals surface area contributed by atoms with E-state index in [1.807, 2.05) is 49.4 Å². The largest absolute Gasteiger partial charge is 0.493 e. The molecule has 29 heavy (non-hydrogen) atoms. The molecule has 0 aliphatic rings. The van der Waals surface area contributed by atoms with Crippen LogP contribution in [0.4, 0.5) is 0 Å². The Morgan fingerprint density at radius 3 is 2.69 bits per heavy atom. The van der Waals surface area contributed by atoms with Gasteiger partial charge in [0.15, 0.2) is 11.5 Å². The molecule has 0 fully saturated rings. The number of ether oxygens (including phenoxy) is 2. The monoisotopic (exact) mass is 393 g/mol. The van der Waals surface area contributed by atoms with Gasteiger partial charge in [-0.15, -0.1) is 0 Å². The van der Waals surface area contributed by atoms with Crippen molar-refractivity contribution in [2.45, 2.75) is 26.3 Å². The number of aryl methyl sites for hydroxylation is 1. The van der Waals surface area contributed by atoms with E-state index >= 15 is 0 Å². The van der Waals surface area contributed by atoms with Gasteiger partial charge in [-0.25, -0.2) is 4.98 Å². The van der Waals surface area contributed by atoms with E-state index in [2.05, 4.69) is 16.0 Å². The van der Waals surface area contributed by atoms with Crippen LogP contribution in [0, 0.1) is 0 Å². The van der Waals surface area contributed by atoms with Crippen LogP contribution in [-0.2, 0) is 17.8 Å². The average molecular weight is 393 g/mol. The number of benzene rings is 2. The summed E-state index contributed by atoms with van der Waals surface area (Å²) < 4.78 is 13.4. The van der Waals surface area contributed by atoms with E-state index in [0.717, 1.165) is 41.3 Å². The second-order valence-electron chi connectivity index (χ2n) is 6.56. The van der Waals surface area contributed by atoms with Crippen LogP contribution in [0.2, 0.25) is 0 Å². The van der Waals surface area contributed by atoms with E-state index in [0.29, 0.717) is 19.6 Å². The molecular weight excluding hydrogens is 366 g/mol. The molecule has 0 saturated heterocycles. The van der Waals surface area contributed by atoms with Gasteiger partial charge in [-0.1, -0.05) is 30.3 Å². The number of hydrogen-bond acceptors (Lipinski definition) is 4. The van der Waals surface area contributed by atoms with Crippen molar-refractivity contribution in [2.75, 3.05) is 20.3 Å². The third kappa shape index (κ3) is 5.38. The van der Waals surface area contributed by atoms with Gasteiger partial charge in [0.25, 0.3) is 0 Å². The van der Waals surface area contributed by atoms with Crippen LogP contribution in [0.1, 0.15) is 19.2 Å². The highest BCUT2D eigenvalue weighted by molar-refractivity contribution is 5.87. The Kier molecular flexibility index (Phi) is 7.28. The Hall–Kier alpha value is -3.28. The topological polar surface area (TPSA) is 65.4 Å².